The summed E-state index contributed by atoms with van der Waals surface area (Å²) in [5.41, 5.74) is -0.194. The van der Waals surface area contributed by atoms with E-state index < -0.39 is 17.6 Å². The van der Waals surface area contributed by atoms with Crippen molar-refractivity contribution >= 4 is 11.9 Å². The second-order valence-corrected chi connectivity index (χ2v) is 7.10. The standard InChI is InChI=1S/C17H24O5/c1-9-4-5-12-10(2)16(20)22-15(12)17(8-21-11(3)18)13(9)6-7-14(17)19/h9,12-15,19H,2,4-8H2,1,3H3. The third-order valence-corrected chi connectivity index (χ3v) is 6.05. The summed E-state index contributed by atoms with van der Waals surface area (Å²) in [6.07, 6.45) is 2.28. The highest BCUT2D eigenvalue weighted by atomic mass is 16.6. The monoisotopic (exact) mass is 308 g/mol. The molecule has 2 saturated carbocycles. The van der Waals surface area contributed by atoms with Crippen LogP contribution in [0.15, 0.2) is 12.2 Å². The van der Waals surface area contributed by atoms with E-state index in [9.17, 15) is 14.7 Å². The van der Waals surface area contributed by atoms with Gasteiger partial charge in [0.25, 0.3) is 0 Å². The fraction of sp³-hybridized carbons (Fsp3) is 0.765. The third-order valence-electron chi connectivity index (χ3n) is 6.05. The van der Waals surface area contributed by atoms with Gasteiger partial charge in [-0.2, -0.15) is 0 Å². The Bertz CT molecular complexity index is 513. The molecule has 3 fully saturated rings. The van der Waals surface area contributed by atoms with Gasteiger partial charge in [0.1, 0.15) is 12.7 Å². The Labute approximate surface area is 130 Å². The van der Waals surface area contributed by atoms with Crippen molar-refractivity contribution in [2.75, 3.05) is 6.61 Å². The second kappa shape index (κ2) is 5.37. The first-order valence-corrected chi connectivity index (χ1v) is 8.09. The number of carbonyl (C=O) groups is 2. The zero-order valence-electron chi connectivity index (χ0n) is 13.2. The van der Waals surface area contributed by atoms with Crippen molar-refractivity contribution in [2.24, 2.45) is 23.2 Å². The molecule has 1 aliphatic heterocycles. The predicted octanol–water partition coefficient (Wildman–Crippen LogP) is 1.83. The van der Waals surface area contributed by atoms with E-state index in [1.54, 1.807) is 0 Å². The van der Waals surface area contributed by atoms with Crippen molar-refractivity contribution in [3.8, 4) is 0 Å². The van der Waals surface area contributed by atoms with Crippen LogP contribution in [0.25, 0.3) is 0 Å². The van der Waals surface area contributed by atoms with E-state index in [4.69, 9.17) is 9.47 Å². The van der Waals surface area contributed by atoms with Gasteiger partial charge in [0.15, 0.2) is 0 Å². The van der Waals surface area contributed by atoms with Gasteiger partial charge in [0.05, 0.1) is 11.5 Å². The van der Waals surface area contributed by atoms with Gasteiger partial charge in [-0.15, -0.1) is 0 Å². The van der Waals surface area contributed by atoms with Crippen molar-refractivity contribution in [2.45, 2.75) is 51.7 Å². The minimum absolute atomic E-state index is 0.0803. The number of aliphatic hydroxyl groups is 1. The Hall–Kier alpha value is -1.36. The molecule has 0 spiro atoms. The summed E-state index contributed by atoms with van der Waals surface area (Å²) in [5, 5.41) is 10.7. The van der Waals surface area contributed by atoms with Gasteiger partial charge in [-0.3, -0.25) is 4.79 Å². The molecule has 22 heavy (non-hydrogen) atoms. The van der Waals surface area contributed by atoms with Gasteiger partial charge in [0.2, 0.25) is 0 Å². The average Bonchev–Trinajstić information content (AvgIpc) is 2.90. The van der Waals surface area contributed by atoms with Gasteiger partial charge in [-0.1, -0.05) is 13.5 Å². The maximum Gasteiger partial charge on any atom is 0.334 e. The van der Waals surface area contributed by atoms with Crippen molar-refractivity contribution in [3.05, 3.63) is 12.2 Å². The third kappa shape index (κ3) is 2.09. The quantitative estimate of drug-likeness (QED) is 0.622. The fourth-order valence-corrected chi connectivity index (χ4v) is 4.91. The molecule has 1 heterocycles. The van der Waals surface area contributed by atoms with Gasteiger partial charge in [0, 0.05) is 18.4 Å². The molecule has 6 unspecified atom stereocenters. The number of hydrogen-bond donors (Lipinski definition) is 1. The number of carbonyl (C=O) groups excluding carboxylic acids is 2. The fourth-order valence-electron chi connectivity index (χ4n) is 4.91. The highest BCUT2D eigenvalue weighted by molar-refractivity contribution is 5.91. The minimum Gasteiger partial charge on any atom is -0.465 e. The highest BCUT2D eigenvalue weighted by Gasteiger charge is 2.64. The number of fused-ring (bicyclic) bond motifs is 3. The number of esters is 2. The SMILES string of the molecule is C=C1C(=O)OC2C1CCC(C)C1CCC(O)C12COC(C)=O. The summed E-state index contributed by atoms with van der Waals surface area (Å²) in [7, 11) is 0. The molecule has 6 atom stereocenters. The molecule has 0 aromatic rings. The zero-order chi connectivity index (χ0) is 16.1. The van der Waals surface area contributed by atoms with Gasteiger partial charge < -0.3 is 14.6 Å². The summed E-state index contributed by atoms with van der Waals surface area (Å²) < 4.78 is 11.0. The average molecular weight is 308 g/mol. The van der Waals surface area contributed by atoms with Crippen molar-refractivity contribution in [3.63, 3.8) is 0 Å². The van der Waals surface area contributed by atoms with E-state index in [0.717, 1.165) is 19.3 Å². The van der Waals surface area contributed by atoms with Crippen molar-refractivity contribution < 1.29 is 24.2 Å². The van der Waals surface area contributed by atoms with Crippen LogP contribution in [0.2, 0.25) is 0 Å². The Morgan fingerprint density at radius 3 is 2.82 bits per heavy atom. The largest absolute Gasteiger partial charge is 0.465 e. The molecule has 5 heteroatoms. The number of ether oxygens (including phenoxy) is 2. The zero-order valence-corrected chi connectivity index (χ0v) is 13.2. The van der Waals surface area contributed by atoms with E-state index in [2.05, 4.69) is 13.5 Å². The molecule has 1 N–H and O–H groups in total. The maximum absolute atomic E-state index is 12.0. The van der Waals surface area contributed by atoms with Crippen LogP contribution in [-0.4, -0.2) is 35.9 Å². The summed E-state index contributed by atoms with van der Waals surface area (Å²) in [6.45, 7) is 7.54. The van der Waals surface area contributed by atoms with E-state index in [1.807, 2.05) is 0 Å². The molecule has 3 aliphatic rings. The number of aliphatic hydroxyl groups excluding tert-OH is 1. The van der Waals surface area contributed by atoms with Crippen LogP contribution < -0.4 is 0 Å². The topological polar surface area (TPSA) is 72.8 Å². The van der Waals surface area contributed by atoms with Crippen LogP contribution in [0.3, 0.4) is 0 Å². The molecule has 3 rings (SSSR count). The molecule has 122 valence electrons. The van der Waals surface area contributed by atoms with Crippen LogP contribution in [0.1, 0.15) is 39.5 Å². The first-order valence-electron chi connectivity index (χ1n) is 8.09. The van der Waals surface area contributed by atoms with E-state index in [0.29, 0.717) is 17.9 Å². The smallest absolute Gasteiger partial charge is 0.334 e. The molecule has 0 aromatic heterocycles. The molecule has 0 aromatic carbocycles. The lowest BCUT2D eigenvalue weighted by molar-refractivity contribution is -0.171. The highest BCUT2D eigenvalue weighted by Crippen LogP contribution is 2.58. The lowest BCUT2D eigenvalue weighted by atomic mass is 9.67. The molecular weight excluding hydrogens is 284 g/mol. The Morgan fingerprint density at radius 1 is 1.41 bits per heavy atom. The molecule has 0 radical (unpaired) electrons. The van der Waals surface area contributed by atoms with E-state index >= 15 is 0 Å². The molecule has 5 nitrogen and oxygen atoms in total. The summed E-state index contributed by atoms with van der Waals surface area (Å²) in [5.74, 6) is -0.239. The number of hydrogen-bond acceptors (Lipinski definition) is 5. The lowest BCUT2D eigenvalue weighted by Gasteiger charge is -2.43. The van der Waals surface area contributed by atoms with Crippen LogP contribution in [0.5, 0.6) is 0 Å². The van der Waals surface area contributed by atoms with Crippen molar-refractivity contribution in [1.82, 2.24) is 0 Å². The van der Waals surface area contributed by atoms with Gasteiger partial charge >= 0.3 is 11.9 Å². The van der Waals surface area contributed by atoms with E-state index in [-0.39, 0.29) is 30.4 Å². The molecule has 0 bridgehead atoms. The molecule has 2 aliphatic carbocycles. The Kier molecular flexibility index (Phi) is 3.79. The number of rotatable bonds is 2. The molecule has 1 saturated heterocycles. The summed E-state index contributed by atoms with van der Waals surface area (Å²) in [4.78, 5) is 23.3. The maximum atomic E-state index is 12.0. The summed E-state index contributed by atoms with van der Waals surface area (Å²) >= 11 is 0. The van der Waals surface area contributed by atoms with Gasteiger partial charge in [-0.05, 0) is 37.5 Å². The van der Waals surface area contributed by atoms with Crippen LogP contribution in [0.4, 0.5) is 0 Å². The first kappa shape index (κ1) is 15.5. The second-order valence-electron chi connectivity index (χ2n) is 7.10. The van der Waals surface area contributed by atoms with Crippen LogP contribution in [0, 0.1) is 23.2 Å². The Morgan fingerprint density at radius 2 is 2.14 bits per heavy atom. The minimum atomic E-state index is -0.693. The lowest BCUT2D eigenvalue weighted by Crippen LogP contribution is -2.52. The predicted molar refractivity (Wildman–Crippen MR) is 78.7 cm³/mol. The molecule has 0 amide bonds. The molecular formula is C17H24O5. The van der Waals surface area contributed by atoms with E-state index in [1.165, 1.54) is 6.92 Å². The van der Waals surface area contributed by atoms with Gasteiger partial charge in [-0.25, -0.2) is 4.79 Å². The van der Waals surface area contributed by atoms with Crippen molar-refractivity contribution in [1.29, 1.82) is 0 Å². The Balaban J connectivity index is 2.04. The van der Waals surface area contributed by atoms with Crippen LogP contribution in [-0.2, 0) is 19.1 Å². The first-order chi connectivity index (χ1) is 10.4. The van der Waals surface area contributed by atoms with Crippen LogP contribution >= 0.6 is 0 Å². The normalized spacial score (nSPS) is 44.0. The summed E-state index contributed by atoms with van der Waals surface area (Å²) in [6, 6.07) is 0.